The molecule has 0 saturated carbocycles. The molecule has 0 radical (unpaired) electrons. The number of hydrogen-bond acceptors (Lipinski definition) is 3. The van der Waals surface area contributed by atoms with Gasteiger partial charge in [-0.05, 0) is 0 Å². The van der Waals surface area contributed by atoms with Crippen molar-refractivity contribution in [1.29, 1.82) is 0 Å². The van der Waals surface area contributed by atoms with E-state index in [-0.39, 0.29) is 6.23 Å². The molecule has 52 valence electrons. The minimum atomic E-state index is -0.242. The van der Waals surface area contributed by atoms with Crippen molar-refractivity contribution in [3.8, 4) is 0 Å². The van der Waals surface area contributed by atoms with Crippen molar-refractivity contribution in [2.45, 2.75) is 12.6 Å². The van der Waals surface area contributed by atoms with E-state index in [0.29, 0.717) is 6.42 Å². The zero-order chi connectivity index (χ0) is 7.11. The highest BCUT2D eigenvalue weighted by Gasteiger charge is 1.92. The minimum Gasteiger partial charge on any atom is -0.366 e. The first-order valence-corrected chi connectivity index (χ1v) is 2.72. The molecular formula is C6H12N2O. The Balaban J connectivity index is 3.25. The monoisotopic (exact) mass is 128 g/mol. The van der Waals surface area contributed by atoms with Gasteiger partial charge < -0.3 is 10.5 Å². The number of nitrogens with two attached hydrogens (primary N) is 1. The maximum absolute atomic E-state index is 5.37. The van der Waals surface area contributed by atoms with Gasteiger partial charge in [0, 0.05) is 25.9 Å². The van der Waals surface area contributed by atoms with Crippen molar-refractivity contribution in [2.75, 3.05) is 7.11 Å². The molecular weight excluding hydrogens is 116 g/mol. The molecule has 0 aromatic rings. The molecule has 0 bridgehead atoms. The topological polar surface area (TPSA) is 47.6 Å². The van der Waals surface area contributed by atoms with E-state index in [1.807, 2.05) is 0 Å². The van der Waals surface area contributed by atoms with Crippen LogP contribution in [0.5, 0.6) is 0 Å². The van der Waals surface area contributed by atoms with Crippen LogP contribution >= 0.6 is 0 Å². The zero-order valence-electron chi connectivity index (χ0n) is 5.58. The van der Waals surface area contributed by atoms with Crippen LogP contribution in [0.3, 0.4) is 0 Å². The van der Waals surface area contributed by atoms with Gasteiger partial charge in [0.15, 0.2) is 0 Å². The van der Waals surface area contributed by atoms with Crippen LogP contribution in [0.25, 0.3) is 0 Å². The highest BCUT2D eigenvalue weighted by Crippen LogP contribution is 1.83. The highest BCUT2D eigenvalue weighted by atomic mass is 16.5. The molecule has 0 fully saturated rings. The third-order valence-corrected chi connectivity index (χ3v) is 0.851. The first-order valence-electron chi connectivity index (χ1n) is 2.72. The van der Waals surface area contributed by atoms with Crippen LogP contribution in [0.1, 0.15) is 6.42 Å². The average Bonchev–Trinajstić information content (AvgIpc) is 1.89. The summed E-state index contributed by atoms with van der Waals surface area (Å²) in [5.74, 6) is 0. The van der Waals surface area contributed by atoms with Gasteiger partial charge in [0.25, 0.3) is 0 Å². The minimum absolute atomic E-state index is 0.242. The standard InChI is InChI=1S/C6H12N2O/c1-3-8-5-4-6(7)9-2/h3,5-6H,1,4,7H2,2H3. The Hall–Kier alpha value is -0.670. The number of hydrogen-bond donors (Lipinski definition) is 1. The molecule has 1 unspecified atom stereocenters. The predicted octanol–water partition coefficient (Wildman–Crippen LogP) is 0.522. The molecule has 1 atom stereocenters. The van der Waals surface area contributed by atoms with E-state index in [4.69, 9.17) is 10.5 Å². The number of methoxy groups -OCH3 is 1. The van der Waals surface area contributed by atoms with Crippen LogP contribution in [-0.2, 0) is 4.74 Å². The quantitative estimate of drug-likeness (QED) is 0.443. The summed E-state index contributed by atoms with van der Waals surface area (Å²) in [7, 11) is 1.56. The van der Waals surface area contributed by atoms with Gasteiger partial charge in [0.05, 0.1) is 0 Å². The summed E-state index contributed by atoms with van der Waals surface area (Å²) < 4.78 is 4.75. The summed E-state index contributed by atoms with van der Waals surface area (Å²) in [6.07, 6.45) is 3.51. The van der Waals surface area contributed by atoms with Crippen molar-refractivity contribution in [1.82, 2.24) is 0 Å². The first-order chi connectivity index (χ1) is 4.31. The van der Waals surface area contributed by atoms with Crippen molar-refractivity contribution < 1.29 is 4.74 Å². The molecule has 0 aliphatic heterocycles. The normalized spacial score (nSPS) is 14.0. The molecule has 0 aliphatic rings. The van der Waals surface area contributed by atoms with Gasteiger partial charge in [-0.3, -0.25) is 4.99 Å². The Morgan fingerprint density at radius 2 is 2.56 bits per heavy atom. The van der Waals surface area contributed by atoms with E-state index in [9.17, 15) is 0 Å². The smallest absolute Gasteiger partial charge is 0.110 e. The van der Waals surface area contributed by atoms with Crippen molar-refractivity contribution in [3.63, 3.8) is 0 Å². The van der Waals surface area contributed by atoms with Crippen molar-refractivity contribution in [2.24, 2.45) is 10.7 Å². The fraction of sp³-hybridized carbons (Fsp3) is 0.500. The highest BCUT2D eigenvalue weighted by molar-refractivity contribution is 5.58. The summed E-state index contributed by atoms with van der Waals surface area (Å²) in [6, 6.07) is 0. The second kappa shape index (κ2) is 5.47. The molecule has 3 heteroatoms. The number of aliphatic imine (C=N–C) groups is 1. The number of nitrogens with zero attached hydrogens (tertiary/aromatic N) is 1. The molecule has 0 aromatic carbocycles. The lowest BCUT2D eigenvalue weighted by atomic mass is 10.4. The van der Waals surface area contributed by atoms with Crippen molar-refractivity contribution in [3.05, 3.63) is 12.8 Å². The van der Waals surface area contributed by atoms with E-state index in [0.717, 1.165) is 0 Å². The van der Waals surface area contributed by atoms with Gasteiger partial charge in [-0.2, -0.15) is 0 Å². The second-order valence-corrected chi connectivity index (χ2v) is 1.52. The maximum atomic E-state index is 5.37. The fourth-order valence-electron chi connectivity index (χ4n) is 0.336. The zero-order valence-corrected chi connectivity index (χ0v) is 5.58. The summed E-state index contributed by atoms with van der Waals surface area (Å²) in [5.41, 5.74) is 5.37. The largest absolute Gasteiger partial charge is 0.366 e. The van der Waals surface area contributed by atoms with Gasteiger partial charge >= 0.3 is 0 Å². The van der Waals surface area contributed by atoms with E-state index in [2.05, 4.69) is 11.6 Å². The van der Waals surface area contributed by atoms with Gasteiger partial charge in [-0.25, -0.2) is 0 Å². The summed E-state index contributed by atoms with van der Waals surface area (Å²) >= 11 is 0. The van der Waals surface area contributed by atoms with Crippen LogP contribution in [0, 0.1) is 0 Å². The molecule has 2 N–H and O–H groups in total. The Kier molecular flexibility index (Phi) is 5.06. The van der Waals surface area contributed by atoms with Gasteiger partial charge in [0.1, 0.15) is 6.23 Å². The summed E-state index contributed by atoms with van der Waals surface area (Å²) in [6.45, 7) is 3.40. The molecule has 0 heterocycles. The van der Waals surface area contributed by atoms with E-state index in [1.165, 1.54) is 6.20 Å². The molecule has 0 saturated heterocycles. The van der Waals surface area contributed by atoms with E-state index in [1.54, 1.807) is 13.3 Å². The van der Waals surface area contributed by atoms with E-state index < -0.39 is 0 Å². The van der Waals surface area contributed by atoms with Crippen molar-refractivity contribution >= 4 is 6.21 Å². The average molecular weight is 128 g/mol. The summed E-state index contributed by atoms with van der Waals surface area (Å²) in [5, 5.41) is 0. The molecule has 0 aliphatic carbocycles. The van der Waals surface area contributed by atoms with Gasteiger partial charge in [-0.1, -0.05) is 6.58 Å². The van der Waals surface area contributed by atoms with Crippen LogP contribution < -0.4 is 5.73 Å². The predicted molar refractivity (Wildman–Crippen MR) is 38.3 cm³/mol. The molecule has 0 rings (SSSR count). The lowest BCUT2D eigenvalue weighted by Crippen LogP contribution is -2.21. The Bertz CT molecular complexity index is 101. The first kappa shape index (κ1) is 8.33. The second-order valence-electron chi connectivity index (χ2n) is 1.52. The van der Waals surface area contributed by atoms with Crippen LogP contribution in [0.4, 0.5) is 0 Å². The maximum Gasteiger partial charge on any atom is 0.110 e. The third-order valence-electron chi connectivity index (χ3n) is 0.851. The lowest BCUT2D eigenvalue weighted by Gasteiger charge is -2.02. The Morgan fingerprint density at radius 3 is 3.00 bits per heavy atom. The molecule has 0 aromatic heterocycles. The molecule has 0 spiro atoms. The summed E-state index contributed by atoms with van der Waals surface area (Å²) in [4.78, 5) is 3.74. The van der Waals surface area contributed by atoms with Crippen LogP contribution in [0.2, 0.25) is 0 Å². The number of rotatable bonds is 4. The third kappa shape index (κ3) is 5.20. The van der Waals surface area contributed by atoms with Crippen LogP contribution in [0.15, 0.2) is 17.8 Å². The lowest BCUT2D eigenvalue weighted by molar-refractivity contribution is 0.115. The van der Waals surface area contributed by atoms with Crippen LogP contribution in [-0.4, -0.2) is 19.6 Å². The van der Waals surface area contributed by atoms with Gasteiger partial charge in [-0.15, -0.1) is 0 Å². The molecule has 0 amide bonds. The van der Waals surface area contributed by atoms with Gasteiger partial charge in [0.2, 0.25) is 0 Å². The molecule has 3 nitrogen and oxygen atoms in total. The van der Waals surface area contributed by atoms with E-state index >= 15 is 0 Å². The number of ether oxygens (including phenoxy) is 1. The fourth-order valence-corrected chi connectivity index (χ4v) is 0.336. The Morgan fingerprint density at radius 1 is 1.89 bits per heavy atom. The SMILES string of the molecule is C=CN=CCC(N)OC. The Labute approximate surface area is 55.2 Å². The molecule has 9 heavy (non-hydrogen) atoms.